The Balaban J connectivity index is 1.65. The van der Waals surface area contributed by atoms with Crippen LogP contribution in [0, 0.1) is 11.3 Å². The van der Waals surface area contributed by atoms with E-state index in [1.165, 1.54) is 23.1 Å². The van der Waals surface area contributed by atoms with Gasteiger partial charge in [0, 0.05) is 6.20 Å². The number of hydrogen-bond acceptors (Lipinski definition) is 5. The van der Waals surface area contributed by atoms with Crippen LogP contribution in [0.2, 0.25) is 0 Å². The molecule has 3 aromatic rings. The number of pyridine rings is 1. The van der Waals surface area contributed by atoms with Crippen LogP contribution in [0.5, 0.6) is 0 Å². The fourth-order valence-corrected chi connectivity index (χ4v) is 3.33. The highest BCUT2D eigenvalue weighted by molar-refractivity contribution is 7.99. The molecule has 0 radical (unpaired) electrons. The van der Waals surface area contributed by atoms with Crippen LogP contribution in [-0.2, 0) is 4.79 Å². The molecule has 1 amide bonds. The van der Waals surface area contributed by atoms with Crippen molar-refractivity contribution in [1.29, 1.82) is 5.26 Å². The first-order chi connectivity index (χ1) is 10.3. The van der Waals surface area contributed by atoms with Gasteiger partial charge in [-0.2, -0.15) is 5.26 Å². The molecule has 0 atom stereocenters. The lowest BCUT2D eigenvalue weighted by atomic mass is 10.3. The van der Waals surface area contributed by atoms with Crippen LogP contribution in [0.25, 0.3) is 5.52 Å². The molecule has 0 aliphatic heterocycles. The molecule has 0 fully saturated rings. The summed E-state index contributed by atoms with van der Waals surface area (Å²) in [5, 5.41) is 14.8. The van der Waals surface area contributed by atoms with Crippen molar-refractivity contribution in [3.8, 4) is 6.07 Å². The largest absolute Gasteiger partial charge is 0.316 e. The molecule has 0 aromatic carbocycles. The molecule has 3 rings (SSSR count). The minimum absolute atomic E-state index is 0.147. The topological polar surface area (TPSA) is 70.2 Å². The highest BCUT2D eigenvalue weighted by Crippen LogP contribution is 2.23. The van der Waals surface area contributed by atoms with Gasteiger partial charge >= 0.3 is 0 Å². The quantitative estimate of drug-likeness (QED) is 0.752. The van der Waals surface area contributed by atoms with Gasteiger partial charge in [-0.1, -0.05) is 17.8 Å². The van der Waals surface area contributed by atoms with E-state index in [4.69, 9.17) is 5.26 Å². The number of carbonyl (C=O) groups is 1. The van der Waals surface area contributed by atoms with Crippen molar-refractivity contribution >= 4 is 39.5 Å². The maximum atomic E-state index is 11.9. The number of carbonyl (C=O) groups excluding carboxylic acids is 1. The summed E-state index contributed by atoms with van der Waals surface area (Å²) < 4.78 is 1.93. The molecule has 5 nitrogen and oxygen atoms in total. The minimum atomic E-state index is -0.147. The van der Waals surface area contributed by atoms with Crippen molar-refractivity contribution in [2.24, 2.45) is 0 Å². The van der Waals surface area contributed by atoms with Crippen LogP contribution >= 0.6 is 23.1 Å². The predicted molar refractivity (Wildman–Crippen MR) is 83.6 cm³/mol. The highest BCUT2D eigenvalue weighted by Gasteiger charge is 2.10. The van der Waals surface area contributed by atoms with Crippen molar-refractivity contribution in [2.75, 3.05) is 11.1 Å². The van der Waals surface area contributed by atoms with Crippen LogP contribution in [0.1, 0.15) is 5.56 Å². The van der Waals surface area contributed by atoms with Crippen LogP contribution < -0.4 is 5.32 Å². The predicted octanol–water partition coefficient (Wildman–Crippen LogP) is 3.00. The smallest absolute Gasteiger partial charge is 0.235 e. The minimum Gasteiger partial charge on any atom is -0.316 e. The molecule has 0 bridgehead atoms. The zero-order chi connectivity index (χ0) is 14.7. The van der Waals surface area contributed by atoms with E-state index >= 15 is 0 Å². The second-order valence-corrected chi connectivity index (χ2v) is 6.01. The van der Waals surface area contributed by atoms with Crippen molar-refractivity contribution in [1.82, 2.24) is 9.38 Å². The van der Waals surface area contributed by atoms with E-state index in [0.29, 0.717) is 10.6 Å². The molecule has 1 N–H and O–H groups in total. The van der Waals surface area contributed by atoms with Gasteiger partial charge < -0.3 is 5.32 Å². The molecule has 3 aromatic heterocycles. The maximum Gasteiger partial charge on any atom is 0.235 e. The molecule has 7 heteroatoms. The van der Waals surface area contributed by atoms with Gasteiger partial charge in [0.2, 0.25) is 5.91 Å². The summed E-state index contributed by atoms with van der Waals surface area (Å²) in [6.07, 6.45) is 3.68. The Bertz CT molecular complexity index is 831. The summed E-state index contributed by atoms with van der Waals surface area (Å²) in [5.41, 5.74) is 1.48. The molecule has 0 aliphatic rings. The number of thioether (sulfide) groups is 1. The average Bonchev–Trinajstić information content (AvgIpc) is 3.11. The van der Waals surface area contributed by atoms with E-state index in [1.54, 1.807) is 17.6 Å². The van der Waals surface area contributed by atoms with Crippen molar-refractivity contribution in [3.05, 3.63) is 47.6 Å². The van der Waals surface area contributed by atoms with E-state index < -0.39 is 0 Å². The third-order valence-corrected chi connectivity index (χ3v) is 4.57. The summed E-state index contributed by atoms with van der Waals surface area (Å²) in [4.78, 5) is 16.2. The van der Waals surface area contributed by atoms with Gasteiger partial charge in [0.1, 0.15) is 11.1 Å². The van der Waals surface area contributed by atoms with Gasteiger partial charge in [-0.3, -0.25) is 9.20 Å². The van der Waals surface area contributed by atoms with E-state index in [1.807, 2.05) is 34.9 Å². The number of aromatic nitrogens is 2. The van der Waals surface area contributed by atoms with E-state index in [-0.39, 0.29) is 11.7 Å². The molecular formula is C14H10N4OS2. The number of hydrogen-bond donors (Lipinski definition) is 1. The Morgan fingerprint density at radius 3 is 3.24 bits per heavy atom. The third kappa shape index (κ3) is 2.91. The molecule has 0 saturated carbocycles. The summed E-state index contributed by atoms with van der Waals surface area (Å²) >= 11 is 2.71. The van der Waals surface area contributed by atoms with Gasteiger partial charge in [0.15, 0.2) is 5.16 Å². The SMILES string of the molecule is N#Cc1ccsc1NC(=O)CSc1ncc2ccccn12. The van der Waals surface area contributed by atoms with Crippen LogP contribution in [0.4, 0.5) is 5.00 Å². The van der Waals surface area contributed by atoms with Crippen molar-refractivity contribution in [2.45, 2.75) is 5.16 Å². The first kappa shape index (κ1) is 13.7. The number of imidazole rings is 1. The summed E-state index contributed by atoms with van der Waals surface area (Å²) in [6, 6.07) is 9.56. The van der Waals surface area contributed by atoms with Gasteiger partial charge in [0.05, 0.1) is 23.0 Å². The molecule has 0 spiro atoms. The Morgan fingerprint density at radius 1 is 1.48 bits per heavy atom. The molecule has 0 saturated heterocycles. The van der Waals surface area contributed by atoms with E-state index in [2.05, 4.69) is 10.3 Å². The maximum absolute atomic E-state index is 11.9. The van der Waals surface area contributed by atoms with Crippen LogP contribution in [-0.4, -0.2) is 21.0 Å². The van der Waals surface area contributed by atoms with Gasteiger partial charge in [-0.05, 0) is 23.6 Å². The lowest BCUT2D eigenvalue weighted by Gasteiger charge is -2.03. The fourth-order valence-electron chi connectivity index (χ4n) is 1.81. The first-order valence-electron chi connectivity index (χ1n) is 6.10. The zero-order valence-electron chi connectivity index (χ0n) is 10.8. The third-order valence-electron chi connectivity index (χ3n) is 2.78. The van der Waals surface area contributed by atoms with E-state index in [9.17, 15) is 4.79 Å². The number of amides is 1. The number of nitrogens with zero attached hydrogens (tertiary/aromatic N) is 3. The monoisotopic (exact) mass is 314 g/mol. The van der Waals surface area contributed by atoms with E-state index in [0.717, 1.165) is 10.7 Å². The second-order valence-electron chi connectivity index (χ2n) is 4.15. The number of nitriles is 1. The fraction of sp³-hybridized carbons (Fsp3) is 0.0714. The Morgan fingerprint density at radius 2 is 2.38 bits per heavy atom. The summed E-state index contributed by atoms with van der Waals surface area (Å²) in [6.45, 7) is 0. The molecular weight excluding hydrogens is 304 g/mol. The first-order valence-corrected chi connectivity index (χ1v) is 7.97. The number of rotatable bonds is 4. The van der Waals surface area contributed by atoms with Gasteiger partial charge in [-0.15, -0.1) is 11.3 Å². The Kier molecular flexibility index (Phi) is 3.90. The highest BCUT2D eigenvalue weighted by atomic mass is 32.2. The molecule has 104 valence electrons. The normalized spacial score (nSPS) is 10.4. The summed E-state index contributed by atoms with van der Waals surface area (Å²) in [7, 11) is 0. The lowest BCUT2D eigenvalue weighted by Crippen LogP contribution is -2.14. The van der Waals surface area contributed by atoms with Gasteiger partial charge in [-0.25, -0.2) is 4.98 Å². The standard InChI is InChI=1S/C14H10N4OS2/c15-7-10-4-6-20-13(10)17-12(19)9-21-14-16-8-11-3-1-2-5-18(11)14/h1-6,8H,9H2,(H,17,19). The van der Waals surface area contributed by atoms with Crippen molar-refractivity contribution < 1.29 is 4.79 Å². The zero-order valence-corrected chi connectivity index (χ0v) is 12.4. The van der Waals surface area contributed by atoms with Crippen molar-refractivity contribution in [3.63, 3.8) is 0 Å². The Labute approximate surface area is 129 Å². The molecule has 3 heterocycles. The molecule has 0 unspecified atom stereocenters. The Hall–Kier alpha value is -2.30. The summed E-state index contributed by atoms with van der Waals surface area (Å²) in [5.74, 6) is 0.100. The number of fused-ring (bicyclic) bond motifs is 1. The average molecular weight is 314 g/mol. The second kappa shape index (κ2) is 5.99. The lowest BCUT2D eigenvalue weighted by molar-refractivity contribution is -0.113. The number of thiophene rings is 1. The number of nitrogens with one attached hydrogen (secondary N) is 1. The van der Waals surface area contributed by atoms with Crippen LogP contribution in [0.15, 0.2) is 47.2 Å². The van der Waals surface area contributed by atoms with Crippen LogP contribution in [0.3, 0.4) is 0 Å². The molecule has 0 aliphatic carbocycles. The molecule has 21 heavy (non-hydrogen) atoms. The van der Waals surface area contributed by atoms with Gasteiger partial charge in [0.25, 0.3) is 0 Å². The number of anilines is 1.